The van der Waals surface area contributed by atoms with Crippen molar-refractivity contribution in [1.29, 1.82) is 0 Å². The van der Waals surface area contributed by atoms with Crippen LogP contribution in [0.25, 0.3) is 0 Å². The van der Waals surface area contributed by atoms with E-state index in [1.807, 2.05) is 78.9 Å². The maximum Gasteiger partial charge on any atom is 0.339 e. The monoisotopic (exact) mass is 494 g/mol. The summed E-state index contributed by atoms with van der Waals surface area (Å²) in [7, 11) is 4.26. The van der Waals surface area contributed by atoms with Gasteiger partial charge in [0.1, 0.15) is 18.0 Å². The molecular weight excluding hydrogens is 458 g/mol. The second kappa shape index (κ2) is 12.4. The second-order valence-electron chi connectivity index (χ2n) is 9.92. The molecule has 4 nitrogen and oxygen atoms in total. The molecule has 4 rings (SSSR count). The molecule has 0 aliphatic carbocycles. The maximum atomic E-state index is 13.8. The molecule has 0 heterocycles. The Bertz CT molecular complexity index is 1260. The zero-order valence-corrected chi connectivity index (χ0v) is 21.9. The van der Waals surface area contributed by atoms with Crippen LogP contribution < -0.4 is 9.64 Å². The number of hydrogen-bond acceptors (Lipinski definition) is 3. The molecule has 4 aromatic rings. The Kier molecular flexibility index (Phi) is 8.76. The molecule has 0 aromatic heterocycles. The number of hydrogen-bond donors (Lipinski definition) is 1. The van der Waals surface area contributed by atoms with Crippen molar-refractivity contribution in [2.24, 2.45) is 5.92 Å². The highest BCUT2D eigenvalue weighted by atomic mass is 16.6. The predicted molar refractivity (Wildman–Crippen MR) is 148 cm³/mol. The van der Waals surface area contributed by atoms with Crippen LogP contribution in [-0.2, 0) is 23.4 Å². The van der Waals surface area contributed by atoms with E-state index >= 15 is 0 Å². The largest absolute Gasteiger partial charge is 0.489 e. The Labute approximate surface area is 220 Å². The van der Waals surface area contributed by atoms with Gasteiger partial charge in [-0.3, -0.25) is 0 Å². The molecule has 2 atom stereocenters. The molecule has 4 aromatic carbocycles. The highest BCUT2D eigenvalue weighted by molar-refractivity contribution is 5.90. The average molecular weight is 495 g/mol. The summed E-state index contributed by atoms with van der Waals surface area (Å²) in [6.45, 7) is 3.45. The quantitative estimate of drug-likeness (QED) is 0.286. The molecule has 4 heteroatoms. The summed E-state index contributed by atoms with van der Waals surface area (Å²) < 4.78 is 12.6. The Morgan fingerprint density at radius 1 is 0.784 bits per heavy atom. The fourth-order valence-electron chi connectivity index (χ4n) is 4.83. The van der Waals surface area contributed by atoms with Gasteiger partial charge in [0, 0.05) is 12.3 Å². The zero-order valence-electron chi connectivity index (χ0n) is 21.9. The van der Waals surface area contributed by atoms with Crippen LogP contribution in [0.3, 0.4) is 0 Å². The first-order valence-corrected chi connectivity index (χ1v) is 12.8. The summed E-state index contributed by atoms with van der Waals surface area (Å²) in [6.07, 6.45) is 0.586. The number of carbonyl (C=O) groups is 1. The van der Waals surface area contributed by atoms with E-state index < -0.39 is 5.60 Å². The van der Waals surface area contributed by atoms with E-state index in [0.29, 0.717) is 24.3 Å². The number of nitrogens with one attached hydrogen (secondary N) is 1. The van der Waals surface area contributed by atoms with Crippen molar-refractivity contribution in [2.75, 3.05) is 20.6 Å². The van der Waals surface area contributed by atoms with E-state index in [4.69, 9.17) is 9.47 Å². The van der Waals surface area contributed by atoms with Gasteiger partial charge in [0.2, 0.25) is 0 Å². The third kappa shape index (κ3) is 6.87. The standard InChI is InChI=1S/C33H35NO3/c1-26(24-34(2)3)33(30-19-11-6-12-20-30,23-27-14-7-4-8-15-27)37-32(35)29-18-13-21-31(22-29)36-25-28-16-9-5-10-17-28/h4-22,26H,23-25H2,1-3H3/p+1/t26-,33?/m0/s1. The first-order valence-electron chi connectivity index (χ1n) is 12.8. The molecule has 0 amide bonds. The van der Waals surface area contributed by atoms with E-state index in [1.165, 1.54) is 4.90 Å². The average Bonchev–Trinajstić information content (AvgIpc) is 2.93. The molecule has 0 aliphatic heterocycles. The number of carbonyl (C=O) groups excluding carboxylic acids is 1. The normalized spacial score (nSPS) is 13.5. The SMILES string of the molecule is C[C@@H](C[NH+](C)C)C(Cc1ccccc1)(OC(=O)c1cccc(OCc2ccccc2)c1)c1ccccc1. The fraction of sp³-hybridized carbons (Fsp3) is 0.242. The van der Waals surface area contributed by atoms with E-state index in [-0.39, 0.29) is 11.9 Å². The van der Waals surface area contributed by atoms with Crippen molar-refractivity contribution in [2.45, 2.75) is 25.6 Å². The minimum atomic E-state index is -0.835. The van der Waals surface area contributed by atoms with Gasteiger partial charge in [-0.2, -0.15) is 0 Å². The number of rotatable bonds is 11. The third-order valence-electron chi connectivity index (χ3n) is 6.68. The molecule has 0 radical (unpaired) electrons. The maximum absolute atomic E-state index is 13.8. The minimum Gasteiger partial charge on any atom is -0.489 e. The number of quaternary nitrogens is 1. The van der Waals surface area contributed by atoms with Crippen LogP contribution >= 0.6 is 0 Å². The Morgan fingerprint density at radius 3 is 2.00 bits per heavy atom. The summed E-state index contributed by atoms with van der Waals surface area (Å²) >= 11 is 0. The van der Waals surface area contributed by atoms with Crippen LogP contribution in [0.5, 0.6) is 5.75 Å². The second-order valence-corrected chi connectivity index (χ2v) is 9.92. The molecule has 1 N–H and O–H groups in total. The van der Waals surface area contributed by atoms with Crippen LogP contribution in [0, 0.1) is 5.92 Å². The summed E-state index contributed by atoms with van der Waals surface area (Å²) in [5.41, 5.74) is 2.83. The lowest BCUT2D eigenvalue weighted by molar-refractivity contribution is -0.863. The topological polar surface area (TPSA) is 40.0 Å². The van der Waals surface area contributed by atoms with Crippen molar-refractivity contribution < 1.29 is 19.2 Å². The smallest absolute Gasteiger partial charge is 0.339 e. The van der Waals surface area contributed by atoms with Gasteiger partial charge in [0.25, 0.3) is 0 Å². The molecule has 0 saturated heterocycles. The Morgan fingerprint density at radius 2 is 1.38 bits per heavy atom. The summed E-state index contributed by atoms with van der Waals surface area (Å²) in [5.74, 6) is 0.338. The minimum absolute atomic E-state index is 0.0570. The van der Waals surface area contributed by atoms with Gasteiger partial charge in [-0.05, 0) is 34.9 Å². The van der Waals surface area contributed by atoms with Crippen molar-refractivity contribution in [3.05, 3.63) is 138 Å². The summed E-state index contributed by atoms with van der Waals surface area (Å²) in [6, 6.07) is 37.7. The van der Waals surface area contributed by atoms with Gasteiger partial charge in [-0.15, -0.1) is 0 Å². The molecule has 37 heavy (non-hydrogen) atoms. The third-order valence-corrected chi connectivity index (χ3v) is 6.68. The molecule has 0 bridgehead atoms. The van der Waals surface area contributed by atoms with E-state index in [1.54, 1.807) is 12.1 Å². The van der Waals surface area contributed by atoms with E-state index in [9.17, 15) is 4.79 Å². The lowest BCUT2D eigenvalue weighted by atomic mass is 9.77. The van der Waals surface area contributed by atoms with Crippen molar-refractivity contribution in [3.8, 4) is 5.75 Å². The molecule has 0 saturated carbocycles. The number of benzene rings is 4. The van der Waals surface area contributed by atoms with Crippen LogP contribution in [0.2, 0.25) is 0 Å². The van der Waals surface area contributed by atoms with Crippen molar-refractivity contribution in [1.82, 2.24) is 0 Å². The number of esters is 1. The summed E-state index contributed by atoms with van der Waals surface area (Å²) in [5, 5.41) is 0. The lowest BCUT2D eigenvalue weighted by Gasteiger charge is -2.39. The van der Waals surface area contributed by atoms with Gasteiger partial charge in [-0.1, -0.05) is 104 Å². The lowest BCUT2D eigenvalue weighted by Crippen LogP contribution is -3.06. The van der Waals surface area contributed by atoms with Gasteiger partial charge < -0.3 is 14.4 Å². The highest BCUT2D eigenvalue weighted by Gasteiger charge is 2.43. The fourth-order valence-corrected chi connectivity index (χ4v) is 4.83. The highest BCUT2D eigenvalue weighted by Crippen LogP contribution is 2.38. The first kappa shape index (κ1) is 26.2. The first-order chi connectivity index (χ1) is 18.0. The van der Waals surface area contributed by atoms with Gasteiger partial charge in [0.15, 0.2) is 0 Å². The Hall–Kier alpha value is -3.89. The molecule has 190 valence electrons. The molecular formula is C33H36NO3+. The van der Waals surface area contributed by atoms with Crippen LogP contribution in [0.1, 0.15) is 34.0 Å². The van der Waals surface area contributed by atoms with Crippen LogP contribution in [0.15, 0.2) is 115 Å². The van der Waals surface area contributed by atoms with Crippen LogP contribution in [0.4, 0.5) is 0 Å². The van der Waals surface area contributed by atoms with Crippen molar-refractivity contribution in [3.63, 3.8) is 0 Å². The Balaban J connectivity index is 1.66. The zero-order chi connectivity index (χ0) is 26.1. The van der Waals surface area contributed by atoms with E-state index in [0.717, 1.165) is 23.2 Å². The number of ether oxygens (including phenoxy) is 2. The van der Waals surface area contributed by atoms with Gasteiger partial charge in [-0.25, -0.2) is 4.79 Å². The predicted octanol–water partition coefficient (Wildman–Crippen LogP) is 5.34. The molecule has 0 spiro atoms. The van der Waals surface area contributed by atoms with Crippen LogP contribution in [-0.4, -0.2) is 26.6 Å². The van der Waals surface area contributed by atoms with Gasteiger partial charge in [0.05, 0.1) is 26.2 Å². The van der Waals surface area contributed by atoms with E-state index in [2.05, 4.69) is 45.3 Å². The molecule has 1 unspecified atom stereocenters. The molecule has 0 fully saturated rings. The molecule has 0 aliphatic rings. The van der Waals surface area contributed by atoms with Gasteiger partial charge >= 0.3 is 5.97 Å². The summed E-state index contributed by atoms with van der Waals surface area (Å²) in [4.78, 5) is 15.1. The van der Waals surface area contributed by atoms with Crippen molar-refractivity contribution >= 4 is 5.97 Å².